The minimum atomic E-state index is -2.47. The quantitative estimate of drug-likeness (QED) is 0.487. The van der Waals surface area contributed by atoms with Crippen molar-refractivity contribution in [1.82, 2.24) is 0 Å². The van der Waals surface area contributed by atoms with E-state index < -0.39 is 21.7 Å². The molecule has 0 rings (SSSR count). The lowest BCUT2D eigenvalue weighted by Crippen LogP contribution is -2.32. The molecule has 72 valence electrons. The van der Waals surface area contributed by atoms with Gasteiger partial charge in [0.25, 0.3) is 0 Å². The average Bonchev–Trinajstić information content (AvgIpc) is 2.00. The van der Waals surface area contributed by atoms with Crippen molar-refractivity contribution in [2.45, 2.75) is 19.4 Å². The van der Waals surface area contributed by atoms with Crippen LogP contribution in [0.1, 0.15) is 13.3 Å². The van der Waals surface area contributed by atoms with Crippen LogP contribution >= 0.6 is 0 Å². The molecule has 5 nitrogen and oxygen atoms in total. The van der Waals surface area contributed by atoms with Gasteiger partial charge in [0.05, 0.1) is 0 Å². The van der Waals surface area contributed by atoms with Gasteiger partial charge in [-0.15, -0.1) is 0 Å². The van der Waals surface area contributed by atoms with Crippen LogP contribution in [0.3, 0.4) is 0 Å². The van der Waals surface area contributed by atoms with Gasteiger partial charge in [0, 0.05) is 21.9 Å². The molecule has 0 saturated heterocycles. The largest absolute Gasteiger partial charge is 0.480 e. The molecule has 1 unspecified atom stereocenters. The molecule has 0 saturated carbocycles. The molecule has 0 amide bonds. The molecular weight excluding hydrogens is 180 g/mol. The highest BCUT2D eigenvalue weighted by molar-refractivity contribution is 7.99. The molecule has 0 fully saturated rings. The van der Waals surface area contributed by atoms with E-state index in [1.54, 1.807) is 6.92 Å². The zero-order valence-electron chi connectivity index (χ0n) is 6.90. The first-order valence-electron chi connectivity index (χ1n) is 3.50. The summed E-state index contributed by atoms with van der Waals surface area (Å²) in [6.07, 6.45) is 0.0402. The normalized spacial score (nSPS) is 17.9. The third-order valence-corrected chi connectivity index (χ3v) is 3.06. The van der Waals surface area contributed by atoms with Crippen LogP contribution in [0.25, 0.3) is 0 Å². The standard InChI is InChI=1S/C6H14N2O3S/c1-2-12(8,11)4-3-5(7)6(9)10/h4-5H,2-3,7H2,1H3,(H2,8,11)(H,9,10)/t5-,12?/m0/s1. The van der Waals surface area contributed by atoms with E-state index in [-0.39, 0.29) is 6.42 Å². The summed E-state index contributed by atoms with van der Waals surface area (Å²) in [6, 6.07) is -1.01. The fraction of sp³-hybridized carbons (Fsp3) is 0.667. The number of hydrogen-bond donors (Lipinski definition) is 3. The van der Waals surface area contributed by atoms with E-state index in [1.807, 2.05) is 0 Å². The highest BCUT2D eigenvalue weighted by Crippen LogP contribution is 1.87. The summed E-state index contributed by atoms with van der Waals surface area (Å²) in [5, 5.41) is 14.9. The molecule has 0 aliphatic heterocycles. The van der Waals surface area contributed by atoms with E-state index in [1.165, 1.54) is 5.37 Å². The maximum atomic E-state index is 11.2. The summed E-state index contributed by atoms with van der Waals surface area (Å²) in [5.41, 5.74) is 5.17. The SMILES string of the molecule is CCS(N)(=O)=CC[C@H](N)C(=O)O. The monoisotopic (exact) mass is 194 g/mol. The first-order chi connectivity index (χ1) is 5.39. The lowest BCUT2D eigenvalue weighted by Gasteiger charge is -2.03. The molecule has 0 aliphatic carbocycles. The summed E-state index contributed by atoms with van der Waals surface area (Å²) in [6.45, 7) is 1.67. The lowest BCUT2D eigenvalue weighted by molar-refractivity contribution is -0.138. The second-order valence-corrected chi connectivity index (χ2v) is 4.89. The van der Waals surface area contributed by atoms with Crippen molar-refractivity contribution in [3.8, 4) is 0 Å². The van der Waals surface area contributed by atoms with Gasteiger partial charge in [-0.25, -0.2) is 0 Å². The predicted octanol–water partition coefficient (Wildman–Crippen LogP) is -1.23. The van der Waals surface area contributed by atoms with Crippen molar-refractivity contribution in [3.05, 3.63) is 0 Å². The first kappa shape index (κ1) is 11.4. The molecule has 0 bridgehead atoms. The second kappa shape index (κ2) is 4.44. The van der Waals surface area contributed by atoms with Crippen LogP contribution in [-0.2, 0) is 14.5 Å². The number of carboxylic acids is 1. The molecule has 0 radical (unpaired) electrons. The van der Waals surface area contributed by atoms with Crippen LogP contribution in [0.15, 0.2) is 0 Å². The third-order valence-electron chi connectivity index (χ3n) is 1.40. The first-order valence-corrected chi connectivity index (χ1v) is 5.35. The molecule has 0 aromatic rings. The number of carboxylic acid groups (broad SMARTS) is 1. The maximum absolute atomic E-state index is 11.2. The number of hydrogen-bond acceptors (Lipinski definition) is 3. The number of nitrogens with two attached hydrogens (primary N) is 2. The molecule has 0 aromatic carbocycles. The van der Waals surface area contributed by atoms with Crippen LogP contribution in [-0.4, -0.2) is 32.4 Å². The fourth-order valence-corrected chi connectivity index (χ4v) is 1.25. The van der Waals surface area contributed by atoms with Gasteiger partial charge in [0.2, 0.25) is 0 Å². The summed E-state index contributed by atoms with van der Waals surface area (Å²) in [7, 11) is -2.47. The van der Waals surface area contributed by atoms with E-state index >= 15 is 0 Å². The van der Waals surface area contributed by atoms with Gasteiger partial charge < -0.3 is 10.8 Å². The zero-order valence-corrected chi connectivity index (χ0v) is 7.71. The van der Waals surface area contributed by atoms with Crippen LogP contribution < -0.4 is 10.9 Å². The Labute approximate surface area is 71.9 Å². The highest BCUT2D eigenvalue weighted by atomic mass is 32.2. The molecule has 12 heavy (non-hydrogen) atoms. The summed E-state index contributed by atoms with van der Waals surface area (Å²) < 4.78 is 11.2. The maximum Gasteiger partial charge on any atom is 0.320 e. The van der Waals surface area contributed by atoms with E-state index in [4.69, 9.17) is 16.0 Å². The molecular formula is C6H14N2O3S. The average molecular weight is 194 g/mol. The Morgan fingerprint density at radius 3 is 2.58 bits per heavy atom. The van der Waals surface area contributed by atoms with Crippen molar-refractivity contribution in [1.29, 1.82) is 0 Å². The van der Waals surface area contributed by atoms with E-state index in [2.05, 4.69) is 0 Å². The van der Waals surface area contributed by atoms with E-state index in [0.717, 1.165) is 0 Å². The topological polar surface area (TPSA) is 106 Å². The van der Waals surface area contributed by atoms with Gasteiger partial charge in [0.15, 0.2) is 0 Å². The van der Waals surface area contributed by atoms with Crippen molar-refractivity contribution in [2.75, 3.05) is 5.75 Å². The van der Waals surface area contributed by atoms with Crippen LogP contribution in [0.5, 0.6) is 0 Å². The number of aliphatic carboxylic acids is 1. The minimum absolute atomic E-state index is 0.0402. The van der Waals surface area contributed by atoms with Crippen LogP contribution in [0, 0.1) is 0 Å². The third kappa shape index (κ3) is 4.32. The molecule has 6 heteroatoms. The number of carbonyl (C=O) groups is 1. The van der Waals surface area contributed by atoms with E-state index in [0.29, 0.717) is 5.75 Å². The summed E-state index contributed by atoms with van der Waals surface area (Å²) in [4.78, 5) is 10.2. The summed E-state index contributed by atoms with van der Waals surface area (Å²) in [5.74, 6) is -0.808. The van der Waals surface area contributed by atoms with Gasteiger partial charge in [-0.3, -0.25) is 14.1 Å². The molecule has 2 atom stereocenters. The minimum Gasteiger partial charge on any atom is -0.480 e. The zero-order chi connectivity index (χ0) is 9.78. The highest BCUT2D eigenvalue weighted by Gasteiger charge is 2.09. The van der Waals surface area contributed by atoms with Crippen molar-refractivity contribution in [3.63, 3.8) is 0 Å². The molecule has 0 heterocycles. The Hall–Kier alpha value is -0.590. The molecule has 0 aliphatic rings. The van der Waals surface area contributed by atoms with Gasteiger partial charge >= 0.3 is 5.97 Å². The van der Waals surface area contributed by atoms with Crippen molar-refractivity contribution >= 4 is 21.0 Å². The van der Waals surface area contributed by atoms with Gasteiger partial charge in [-0.05, 0) is 5.37 Å². The number of rotatable bonds is 4. The van der Waals surface area contributed by atoms with Gasteiger partial charge in [0.1, 0.15) is 6.04 Å². The lowest BCUT2D eigenvalue weighted by atomic mass is 10.2. The molecule has 5 N–H and O–H groups in total. The second-order valence-electron chi connectivity index (χ2n) is 2.42. The Bertz CT molecular complexity index is 268. The van der Waals surface area contributed by atoms with Gasteiger partial charge in [-0.1, -0.05) is 6.92 Å². The van der Waals surface area contributed by atoms with Gasteiger partial charge in [-0.2, -0.15) is 0 Å². The summed E-state index contributed by atoms with van der Waals surface area (Å²) >= 11 is 0. The Morgan fingerprint density at radius 2 is 2.25 bits per heavy atom. The predicted molar refractivity (Wildman–Crippen MR) is 49.2 cm³/mol. The van der Waals surface area contributed by atoms with Crippen LogP contribution in [0.2, 0.25) is 0 Å². The Morgan fingerprint density at radius 1 is 1.75 bits per heavy atom. The fourth-order valence-electron chi connectivity index (χ4n) is 0.485. The molecule has 0 spiro atoms. The van der Waals surface area contributed by atoms with E-state index in [9.17, 15) is 9.00 Å². The van der Waals surface area contributed by atoms with Crippen LogP contribution in [0.4, 0.5) is 0 Å². The smallest absolute Gasteiger partial charge is 0.320 e. The Balaban J connectivity index is 4.23. The van der Waals surface area contributed by atoms with Crippen molar-refractivity contribution < 1.29 is 14.1 Å². The van der Waals surface area contributed by atoms with Crippen molar-refractivity contribution in [2.24, 2.45) is 10.9 Å². The molecule has 0 aromatic heterocycles. The Kier molecular flexibility index (Phi) is 4.22.